The Bertz CT molecular complexity index is 244. The monoisotopic (exact) mass is 194 g/mol. The van der Waals surface area contributed by atoms with E-state index in [0.717, 1.165) is 5.56 Å². The van der Waals surface area contributed by atoms with Gasteiger partial charge >= 0.3 is 0 Å². The molecule has 0 aliphatic heterocycles. The molecule has 0 radical (unpaired) electrons. The fourth-order valence-electron chi connectivity index (χ4n) is 1.25. The number of methoxy groups -OCH3 is 1. The van der Waals surface area contributed by atoms with Crippen LogP contribution < -0.4 is 0 Å². The van der Waals surface area contributed by atoms with Gasteiger partial charge in [0.25, 0.3) is 0 Å². The third-order valence-corrected chi connectivity index (χ3v) is 2.04. The van der Waals surface area contributed by atoms with E-state index in [1.807, 2.05) is 32.0 Å². The van der Waals surface area contributed by atoms with Gasteiger partial charge in [-0.1, -0.05) is 30.3 Å². The van der Waals surface area contributed by atoms with Crippen molar-refractivity contribution in [3.63, 3.8) is 0 Å². The van der Waals surface area contributed by atoms with E-state index in [2.05, 4.69) is 12.1 Å². The fourth-order valence-corrected chi connectivity index (χ4v) is 1.25. The normalized spacial score (nSPS) is 13.1. The molecule has 0 spiro atoms. The molecule has 78 valence electrons. The first-order valence-electron chi connectivity index (χ1n) is 4.93. The maximum Gasteiger partial charge on any atom is 0.105 e. The second-order valence-corrected chi connectivity index (χ2v) is 3.52. The molecule has 1 aromatic carbocycles. The summed E-state index contributed by atoms with van der Waals surface area (Å²) in [6.45, 7) is 4.66. The van der Waals surface area contributed by atoms with Gasteiger partial charge < -0.3 is 9.47 Å². The van der Waals surface area contributed by atoms with Gasteiger partial charge in [0.1, 0.15) is 6.10 Å². The highest BCUT2D eigenvalue weighted by Gasteiger charge is 2.10. The first-order valence-corrected chi connectivity index (χ1v) is 4.93. The average molecular weight is 194 g/mol. The van der Waals surface area contributed by atoms with E-state index in [9.17, 15) is 0 Å². The molecule has 0 fully saturated rings. The third kappa shape index (κ3) is 3.48. The zero-order valence-corrected chi connectivity index (χ0v) is 9.07. The molecular formula is C12H18O2. The highest BCUT2D eigenvalue weighted by Crippen LogP contribution is 2.16. The van der Waals surface area contributed by atoms with Crippen molar-refractivity contribution in [2.24, 2.45) is 0 Å². The molecule has 1 aromatic rings. The zero-order valence-electron chi connectivity index (χ0n) is 9.07. The Morgan fingerprint density at radius 2 is 1.79 bits per heavy atom. The van der Waals surface area contributed by atoms with Crippen LogP contribution in [0.4, 0.5) is 0 Å². The van der Waals surface area contributed by atoms with Crippen LogP contribution in [-0.2, 0) is 9.47 Å². The van der Waals surface area contributed by atoms with Crippen molar-refractivity contribution in [2.45, 2.75) is 26.1 Å². The van der Waals surface area contributed by atoms with E-state index in [1.165, 1.54) is 0 Å². The zero-order chi connectivity index (χ0) is 10.4. The first-order chi connectivity index (χ1) is 6.74. The van der Waals surface area contributed by atoms with E-state index >= 15 is 0 Å². The molecule has 2 nitrogen and oxygen atoms in total. The van der Waals surface area contributed by atoms with Crippen LogP contribution in [0.3, 0.4) is 0 Å². The largest absolute Gasteiger partial charge is 0.376 e. The van der Waals surface area contributed by atoms with Gasteiger partial charge in [0.15, 0.2) is 0 Å². The van der Waals surface area contributed by atoms with Crippen molar-refractivity contribution in [3.8, 4) is 0 Å². The van der Waals surface area contributed by atoms with Crippen LogP contribution in [0.5, 0.6) is 0 Å². The second kappa shape index (κ2) is 5.78. The Hall–Kier alpha value is -0.860. The van der Waals surface area contributed by atoms with Gasteiger partial charge in [0, 0.05) is 7.11 Å². The molecule has 1 rings (SSSR count). The molecule has 1 unspecified atom stereocenters. The predicted molar refractivity (Wildman–Crippen MR) is 57.3 cm³/mol. The molecule has 0 aromatic heterocycles. The van der Waals surface area contributed by atoms with E-state index in [1.54, 1.807) is 7.11 Å². The Balaban J connectivity index is 2.54. The number of hydrogen-bond donors (Lipinski definition) is 0. The standard InChI is InChI=1S/C12H18O2/c1-10(2)14-9-12(13-3)11-7-5-4-6-8-11/h4-8,10,12H,9H2,1-3H3. The Morgan fingerprint density at radius 3 is 2.29 bits per heavy atom. The maximum atomic E-state index is 5.52. The van der Waals surface area contributed by atoms with Crippen molar-refractivity contribution in [2.75, 3.05) is 13.7 Å². The first kappa shape index (κ1) is 11.2. The van der Waals surface area contributed by atoms with Crippen LogP contribution in [0.25, 0.3) is 0 Å². The summed E-state index contributed by atoms with van der Waals surface area (Å²) in [4.78, 5) is 0. The number of benzene rings is 1. The predicted octanol–water partition coefficient (Wildman–Crippen LogP) is 2.80. The van der Waals surface area contributed by atoms with Gasteiger partial charge in [0.05, 0.1) is 12.7 Å². The molecule has 0 N–H and O–H groups in total. The van der Waals surface area contributed by atoms with Gasteiger partial charge in [-0.05, 0) is 19.4 Å². The SMILES string of the molecule is COC(COC(C)C)c1ccccc1. The Kier molecular flexibility index (Phi) is 4.63. The quantitative estimate of drug-likeness (QED) is 0.717. The van der Waals surface area contributed by atoms with Crippen molar-refractivity contribution in [1.29, 1.82) is 0 Å². The molecule has 0 saturated heterocycles. The van der Waals surface area contributed by atoms with Crippen molar-refractivity contribution in [1.82, 2.24) is 0 Å². The lowest BCUT2D eigenvalue weighted by Crippen LogP contribution is -2.13. The molecule has 14 heavy (non-hydrogen) atoms. The fraction of sp³-hybridized carbons (Fsp3) is 0.500. The van der Waals surface area contributed by atoms with E-state index in [4.69, 9.17) is 9.47 Å². The van der Waals surface area contributed by atoms with Gasteiger partial charge in [-0.3, -0.25) is 0 Å². The summed E-state index contributed by atoms with van der Waals surface area (Å²) in [6.07, 6.45) is 0.287. The van der Waals surface area contributed by atoms with Gasteiger partial charge in [-0.15, -0.1) is 0 Å². The molecular weight excluding hydrogens is 176 g/mol. The number of hydrogen-bond acceptors (Lipinski definition) is 2. The highest BCUT2D eigenvalue weighted by molar-refractivity contribution is 5.17. The Morgan fingerprint density at radius 1 is 1.14 bits per heavy atom. The average Bonchev–Trinajstić information content (AvgIpc) is 2.20. The summed E-state index contributed by atoms with van der Waals surface area (Å²) in [6, 6.07) is 10.1. The minimum Gasteiger partial charge on any atom is -0.376 e. The molecule has 0 saturated carbocycles. The van der Waals surface area contributed by atoms with Crippen LogP contribution in [0.1, 0.15) is 25.5 Å². The highest BCUT2D eigenvalue weighted by atomic mass is 16.5. The summed E-state index contributed by atoms with van der Waals surface area (Å²) in [7, 11) is 1.71. The van der Waals surface area contributed by atoms with Crippen LogP contribution in [0, 0.1) is 0 Å². The summed E-state index contributed by atoms with van der Waals surface area (Å²) >= 11 is 0. The van der Waals surface area contributed by atoms with Gasteiger partial charge in [-0.25, -0.2) is 0 Å². The second-order valence-electron chi connectivity index (χ2n) is 3.52. The molecule has 0 bridgehead atoms. The van der Waals surface area contributed by atoms with Crippen molar-refractivity contribution >= 4 is 0 Å². The maximum absolute atomic E-state index is 5.52. The van der Waals surface area contributed by atoms with Gasteiger partial charge in [0.2, 0.25) is 0 Å². The molecule has 0 aliphatic carbocycles. The molecule has 1 atom stereocenters. The van der Waals surface area contributed by atoms with Gasteiger partial charge in [-0.2, -0.15) is 0 Å². The topological polar surface area (TPSA) is 18.5 Å². The number of rotatable bonds is 5. The lowest BCUT2D eigenvalue weighted by Gasteiger charge is -2.17. The molecule has 2 heteroatoms. The molecule has 0 heterocycles. The molecule has 0 aliphatic rings. The van der Waals surface area contributed by atoms with E-state index in [-0.39, 0.29) is 12.2 Å². The van der Waals surface area contributed by atoms with Crippen LogP contribution >= 0.6 is 0 Å². The van der Waals surface area contributed by atoms with Crippen molar-refractivity contribution < 1.29 is 9.47 Å². The summed E-state index contributed by atoms with van der Waals surface area (Å²) < 4.78 is 10.9. The van der Waals surface area contributed by atoms with Crippen molar-refractivity contribution in [3.05, 3.63) is 35.9 Å². The van der Waals surface area contributed by atoms with Crippen LogP contribution in [-0.4, -0.2) is 19.8 Å². The van der Waals surface area contributed by atoms with E-state index in [0.29, 0.717) is 6.61 Å². The summed E-state index contributed by atoms with van der Waals surface area (Å²) in [5.41, 5.74) is 1.16. The Labute approximate surface area is 85.8 Å². The minimum atomic E-state index is 0.0404. The third-order valence-electron chi connectivity index (χ3n) is 2.04. The summed E-state index contributed by atoms with van der Waals surface area (Å²) in [5, 5.41) is 0. The summed E-state index contributed by atoms with van der Waals surface area (Å²) in [5.74, 6) is 0. The van der Waals surface area contributed by atoms with Crippen LogP contribution in [0.15, 0.2) is 30.3 Å². The smallest absolute Gasteiger partial charge is 0.105 e. The molecule has 0 amide bonds. The minimum absolute atomic E-state index is 0.0404. The number of ether oxygens (including phenoxy) is 2. The lowest BCUT2D eigenvalue weighted by molar-refractivity contribution is -0.0165. The van der Waals surface area contributed by atoms with Crippen LogP contribution in [0.2, 0.25) is 0 Å². The van der Waals surface area contributed by atoms with E-state index < -0.39 is 0 Å². The lowest BCUT2D eigenvalue weighted by atomic mass is 10.1.